The SMILES string of the molecule is CCCNCc1cc(-c2cc(F)ccc2F)ccc1Cl. The number of rotatable bonds is 5. The fraction of sp³-hybridized carbons (Fsp3) is 0.250. The molecule has 0 heterocycles. The first-order chi connectivity index (χ1) is 9.61. The Morgan fingerprint density at radius 2 is 1.90 bits per heavy atom. The van der Waals surface area contributed by atoms with Crippen molar-refractivity contribution < 1.29 is 8.78 Å². The fourth-order valence-corrected chi connectivity index (χ4v) is 2.18. The van der Waals surface area contributed by atoms with Crippen molar-refractivity contribution in [1.82, 2.24) is 5.32 Å². The molecule has 20 heavy (non-hydrogen) atoms. The molecular formula is C16H16ClF2N. The van der Waals surface area contributed by atoms with Gasteiger partial charge in [-0.05, 0) is 54.4 Å². The molecule has 0 aliphatic heterocycles. The first-order valence-electron chi connectivity index (χ1n) is 6.56. The van der Waals surface area contributed by atoms with Crippen molar-refractivity contribution in [2.24, 2.45) is 0 Å². The van der Waals surface area contributed by atoms with Gasteiger partial charge < -0.3 is 5.32 Å². The molecule has 0 aliphatic rings. The predicted molar refractivity (Wildman–Crippen MR) is 78.8 cm³/mol. The zero-order chi connectivity index (χ0) is 14.5. The van der Waals surface area contributed by atoms with E-state index < -0.39 is 11.6 Å². The van der Waals surface area contributed by atoms with Crippen LogP contribution >= 0.6 is 11.6 Å². The van der Waals surface area contributed by atoms with Crippen LogP contribution in [0.3, 0.4) is 0 Å². The maximum atomic E-state index is 13.8. The molecule has 2 aromatic carbocycles. The Balaban J connectivity index is 2.33. The Bertz CT molecular complexity index is 599. The van der Waals surface area contributed by atoms with Crippen molar-refractivity contribution in [3.63, 3.8) is 0 Å². The Kier molecular flexibility index (Phi) is 5.10. The molecule has 1 N–H and O–H groups in total. The molecule has 0 atom stereocenters. The highest BCUT2D eigenvalue weighted by Gasteiger charge is 2.09. The average Bonchev–Trinajstić information content (AvgIpc) is 2.44. The number of benzene rings is 2. The van der Waals surface area contributed by atoms with Crippen LogP contribution in [0.25, 0.3) is 11.1 Å². The standard InChI is InChI=1S/C16H16ClF2N/c1-2-7-20-10-12-8-11(3-5-15(12)17)14-9-13(18)4-6-16(14)19/h3-6,8-9,20H,2,7,10H2,1H3. The average molecular weight is 296 g/mol. The summed E-state index contributed by atoms with van der Waals surface area (Å²) in [5, 5.41) is 3.86. The zero-order valence-electron chi connectivity index (χ0n) is 11.2. The van der Waals surface area contributed by atoms with E-state index in [1.807, 2.05) is 0 Å². The van der Waals surface area contributed by atoms with E-state index in [4.69, 9.17) is 11.6 Å². The summed E-state index contributed by atoms with van der Waals surface area (Å²) in [5.74, 6) is -0.900. The van der Waals surface area contributed by atoms with Crippen molar-refractivity contribution in [3.05, 3.63) is 58.6 Å². The largest absolute Gasteiger partial charge is 0.313 e. The van der Waals surface area contributed by atoms with Crippen LogP contribution in [0.5, 0.6) is 0 Å². The summed E-state index contributed by atoms with van der Waals surface area (Å²) in [6, 6.07) is 8.64. The Hall–Kier alpha value is -1.45. The van der Waals surface area contributed by atoms with Gasteiger partial charge in [0.05, 0.1) is 0 Å². The molecule has 0 fully saturated rings. The summed E-state index contributed by atoms with van der Waals surface area (Å²) in [4.78, 5) is 0. The van der Waals surface area contributed by atoms with E-state index >= 15 is 0 Å². The summed E-state index contributed by atoms with van der Waals surface area (Å²) in [7, 11) is 0. The summed E-state index contributed by atoms with van der Waals surface area (Å²) in [6.45, 7) is 3.57. The minimum atomic E-state index is -0.456. The first kappa shape index (κ1) is 14.9. The Morgan fingerprint density at radius 1 is 1.10 bits per heavy atom. The zero-order valence-corrected chi connectivity index (χ0v) is 12.0. The highest BCUT2D eigenvalue weighted by molar-refractivity contribution is 6.31. The third-order valence-electron chi connectivity index (χ3n) is 3.03. The molecule has 0 saturated carbocycles. The quantitative estimate of drug-likeness (QED) is 0.782. The van der Waals surface area contributed by atoms with Crippen molar-refractivity contribution >= 4 is 11.6 Å². The van der Waals surface area contributed by atoms with E-state index in [9.17, 15) is 8.78 Å². The van der Waals surface area contributed by atoms with Crippen LogP contribution < -0.4 is 5.32 Å². The van der Waals surface area contributed by atoms with Crippen molar-refractivity contribution in [1.29, 1.82) is 0 Å². The van der Waals surface area contributed by atoms with Gasteiger partial charge in [-0.3, -0.25) is 0 Å². The molecule has 4 heteroatoms. The van der Waals surface area contributed by atoms with Crippen LogP contribution in [0.15, 0.2) is 36.4 Å². The predicted octanol–water partition coefficient (Wildman–Crippen LogP) is 4.78. The molecule has 0 amide bonds. The second-order valence-electron chi connectivity index (χ2n) is 4.61. The van der Waals surface area contributed by atoms with Crippen LogP contribution in [-0.2, 0) is 6.54 Å². The van der Waals surface area contributed by atoms with Gasteiger partial charge in [0, 0.05) is 17.1 Å². The van der Waals surface area contributed by atoms with Crippen LogP contribution in [0.4, 0.5) is 8.78 Å². The molecule has 0 bridgehead atoms. The van der Waals surface area contributed by atoms with E-state index in [0.717, 1.165) is 30.7 Å². The van der Waals surface area contributed by atoms with Gasteiger partial charge in [0.2, 0.25) is 0 Å². The third-order valence-corrected chi connectivity index (χ3v) is 3.40. The number of nitrogens with one attached hydrogen (secondary N) is 1. The molecule has 0 radical (unpaired) electrons. The highest BCUT2D eigenvalue weighted by atomic mass is 35.5. The van der Waals surface area contributed by atoms with E-state index in [0.29, 0.717) is 17.1 Å². The molecule has 0 unspecified atom stereocenters. The van der Waals surface area contributed by atoms with Crippen LogP contribution in [0.1, 0.15) is 18.9 Å². The summed E-state index contributed by atoms with van der Waals surface area (Å²) < 4.78 is 27.0. The maximum Gasteiger partial charge on any atom is 0.131 e. The first-order valence-corrected chi connectivity index (χ1v) is 6.94. The maximum absolute atomic E-state index is 13.8. The molecular weight excluding hydrogens is 280 g/mol. The lowest BCUT2D eigenvalue weighted by molar-refractivity contribution is 0.603. The third kappa shape index (κ3) is 3.56. The lowest BCUT2D eigenvalue weighted by Gasteiger charge is -2.10. The molecule has 0 aliphatic carbocycles. The number of hydrogen-bond acceptors (Lipinski definition) is 1. The highest BCUT2D eigenvalue weighted by Crippen LogP contribution is 2.27. The molecule has 106 valence electrons. The fourth-order valence-electron chi connectivity index (χ4n) is 2.00. The van der Waals surface area contributed by atoms with E-state index in [-0.39, 0.29) is 5.56 Å². The van der Waals surface area contributed by atoms with E-state index in [2.05, 4.69) is 12.2 Å². The smallest absolute Gasteiger partial charge is 0.131 e. The number of halogens is 3. The van der Waals surface area contributed by atoms with E-state index in [1.165, 1.54) is 6.07 Å². The van der Waals surface area contributed by atoms with Crippen molar-refractivity contribution in [2.75, 3.05) is 6.54 Å². The van der Waals surface area contributed by atoms with Gasteiger partial charge in [-0.15, -0.1) is 0 Å². The summed E-state index contributed by atoms with van der Waals surface area (Å²) in [6.07, 6.45) is 1.02. The molecule has 2 rings (SSSR count). The molecule has 0 saturated heterocycles. The molecule has 0 aromatic heterocycles. The minimum absolute atomic E-state index is 0.249. The minimum Gasteiger partial charge on any atom is -0.313 e. The Labute approximate surface area is 122 Å². The van der Waals surface area contributed by atoms with Crippen LogP contribution in [0.2, 0.25) is 5.02 Å². The monoisotopic (exact) mass is 295 g/mol. The van der Waals surface area contributed by atoms with Gasteiger partial charge in [0.25, 0.3) is 0 Å². The van der Waals surface area contributed by atoms with Gasteiger partial charge in [-0.2, -0.15) is 0 Å². The molecule has 2 aromatic rings. The van der Waals surface area contributed by atoms with Crippen LogP contribution in [-0.4, -0.2) is 6.54 Å². The summed E-state index contributed by atoms with van der Waals surface area (Å²) >= 11 is 6.13. The second kappa shape index (κ2) is 6.82. The van der Waals surface area contributed by atoms with Crippen LogP contribution in [0, 0.1) is 11.6 Å². The lowest BCUT2D eigenvalue weighted by Crippen LogP contribution is -2.14. The summed E-state index contributed by atoms with van der Waals surface area (Å²) in [5.41, 5.74) is 1.75. The van der Waals surface area contributed by atoms with Gasteiger partial charge in [-0.25, -0.2) is 8.78 Å². The Morgan fingerprint density at radius 3 is 2.65 bits per heavy atom. The second-order valence-corrected chi connectivity index (χ2v) is 5.01. The molecule has 1 nitrogen and oxygen atoms in total. The topological polar surface area (TPSA) is 12.0 Å². The number of hydrogen-bond donors (Lipinski definition) is 1. The van der Waals surface area contributed by atoms with E-state index in [1.54, 1.807) is 18.2 Å². The van der Waals surface area contributed by atoms with Crippen molar-refractivity contribution in [3.8, 4) is 11.1 Å². The lowest BCUT2D eigenvalue weighted by atomic mass is 10.0. The van der Waals surface area contributed by atoms with Gasteiger partial charge in [0.1, 0.15) is 11.6 Å². The van der Waals surface area contributed by atoms with Gasteiger partial charge in [-0.1, -0.05) is 24.6 Å². The van der Waals surface area contributed by atoms with Crippen molar-refractivity contribution in [2.45, 2.75) is 19.9 Å². The normalized spacial score (nSPS) is 10.8. The van der Waals surface area contributed by atoms with Gasteiger partial charge in [0.15, 0.2) is 0 Å². The van der Waals surface area contributed by atoms with Gasteiger partial charge >= 0.3 is 0 Å². The molecule has 0 spiro atoms.